The molecule has 2 aromatic rings. The first-order valence-electron chi connectivity index (χ1n) is 9.20. The highest BCUT2D eigenvalue weighted by Crippen LogP contribution is 2.31. The summed E-state index contributed by atoms with van der Waals surface area (Å²) in [5, 5.41) is 5.70. The van der Waals surface area contributed by atoms with Gasteiger partial charge in [-0.1, -0.05) is 31.2 Å². The van der Waals surface area contributed by atoms with Gasteiger partial charge in [-0.15, -0.1) is 0 Å². The molecule has 2 amide bonds. The van der Waals surface area contributed by atoms with Gasteiger partial charge in [-0.05, 0) is 36.8 Å². The van der Waals surface area contributed by atoms with Gasteiger partial charge in [0.05, 0.1) is 17.3 Å². The highest BCUT2D eigenvalue weighted by molar-refractivity contribution is 5.97. The molecule has 0 saturated heterocycles. The third kappa shape index (κ3) is 4.78. The number of carbonyl (C=O) groups is 2. The largest absolute Gasteiger partial charge is 0.484 e. The van der Waals surface area contributed by atoms with Gasteiger partial charge >= 0.3 is 0 Å². The van der Waals surface area contributed by atoms with E-state index in [4.69, 9.17) is 4.74 Å². The van der Waals surface area contributed by atoms with Gasteiger partial charge in [0, 0.05) is 19.6 Å². The number of hydrogen-bond donors (Lipinski definition) is 2. The molecule has 0 saturated carbocycles. The van der Waals surface area contributed by atoms with E-state index in [1.54, 1.807) is 0 Å². The summed E-state index contributed by atoms with van der Waals surface area (Å²) in [5.74, 6) is 0.469. The Morgan fingerprint density at radius 3 is 2.70 bits per heavy atom. The zero-order valence-electron chi connectivity index (χ0n) is 15.7. The van der Waals surface area contributed by atoms with Crippen molar-refractivity contribution in [3.63, 3.8) is 0 Å². The number of para-hydroxylation sites is 2. The molecule has 3 rings (SSSR count). The molecule has 1 aliphatic rings. The fraction of sp³-hybridized carbons (Fsp3) is 0.333. The summed E-state index contributed by atoms with van der Waals surface area (Å²) < 4.78 is 5.49. The maximum Gasteiger partial charge on any atom is 0.257 e. The van der Waals surface area contributed by atoms with E-state index in [2.05, 4.69) is 15.5 Å². The van der Waals surface area contributed by atoms with E-state index < -0.39 is 0 Å². The third-order valence-corrected chi connectivity index (χ3v) is 4.49. The number of anilines is 2. The fourth-order valence-corrected chi connectivity index (χ4v) is 3.08. The van der Waals surface area contributed by atoms with Crippen molar-refractivity contribution in [2.45, 2.75) is 20.4 Å². The van der Waals surface area contributed by atoms with Gasteiger partial charge in [-0.25, -0.2) is 0 Å². The molecule has 27 heavy (non-hydrogen) atoms. The predicted molar refractivity (Wildman–Crippen MR) is 106 cm³/mol. The number of fused-ring (bicyclic) bond motifs is 1. The van der Waals surface area contributed by atoms with Crippen LogP contribution in [0.5, 0.6) is 5.75 Å². The second kappa shape index (κ2) is 8.58. The van der Waals surface area contributed by atoms with E-state index in [0.717, 1.165) is 16.9 Å². The number of rotatable bonds is 6. The lowest BCUT2D eigenvalue weighted by atomic mass is 10.1. The number of nitrogens with one attached hydrogen (secondary N) is 2. The van der Waals surface area contributed by atoms with Crippen molar-refractivity contribution in [3.8, 4) is 5.75 Å². The van der Waals surface area contributed by atoms with E-state index in [1.165, 1.54) is 0 Å². The summed E-state index contributed by atoms with van der Waals surface area (Å²) in [5.41, 5.74) is 2.97. The molecule has 6 heteroatoms. The van der Waals surface area contributed by atoms with Crippen molar-refractivity contribution in [2.24, 2.45) is 5.92 Å². The van der Waals surface area contributed by atoms with Crippen molar-refractivity contribution in [3.05, 3.63) is 54.1 Å². The normalized spacial score (nSPS) is 16.1. The molecular weight excluding hydrogens is 342 g/mol. The van der Waals surface area contributed by atoms with Crippen LogP contribution in [-0.4, -0.2) is 31.5 Å². The maximum absolute atomic E-state index is 12.2. The van der Waals surface area contributed by atoms with Crippen LogP contribution < -0.4 is 20.3 Å². The summed E-state index contributed by atoms with van der Waals surface area (Å²) in [6, 6.07) is 15.6. The number of hydrogen-bond acceptors (Lipinski definition) is 4. The molecule has 1 atom stereocenters. The highest BCUT2D eigenvalue weighted by Gasteiger charge is 2.24. The lowest BCUT2D eigenvalue weighted by molar-refractivity contribution is -0.123. The van der Waals surface area contributed by atoms with Gasteiger partial charge in [0.25, 0.3) is 5.91 Å². The Morgan fingerprint density at radius 2 is 1.96 bits per heavy atom. The molecule has 0 bridgehead atoms. The molecule has 1 aliphatic heterocycles. The second-order valence-electron chi connectivity index (χ2n) is 6.67. The van der Waals surface area contributed by atoms with Crippen LogP contribution in [0.2, 0.25) is 0 Å². The minimum atomic E-state index is -0.131. The van der Waals surface area contributed by atoms with E-state index in [0.29, 0.717) is 25.4 Å². The topological polar surface area (TPSA) is 70.7 Å². The number of amides is 2. The number of carbonyl (C=O) groups excluding carboxylic acids is 2. The van der Waals surface area contributed by atoms with Crippen LogP contribution in [0.25, 0.3) is 0 Å². The molecule has 1 unspecified atom stereocenters. The monoisotopic (exact) mass is 367 g/mol. The molecule has 0 fully saturated rings. The highest BCUT2D eigenvalue weighted by atomic mass is 16.5. The molecule has 0 aliphatic carbocycles. The Balaban J connectivity index is 1.69. The average molecular weight is 367 g/mol. The Kier molecular flexibility index (Phi) is 5.96. The van der Waals surface area contributed by atoms with Gasteiger partial charge in [-0.2, -0.15) is 0 Å². The maximum atomic E-state index is 12.2. The van der Waals surface area contributed by atoms with Crippen molar-refractivity contribution < 1.29 is 14.3 Å². The summed E-state index contributed by atoms with van der Waals surface area (Å²) in [6.07, 6.45) is 0. The molecule has 2 N–H and O–H groups in total. The minimum Gasteiger partial charge on any atom is -0.484 e. The van der Waals surface area contributed by atoms with Gasteiger partial charge in [0.2, 0.25) is 5.91 Å². The van der Waals surface area contributed by atoms with E-state index in [-0.39, 0.29) is 24.3 Å². The third-order valence-electron chi connectivity index (χ3n) is 4.49. The van der Waals surface area contributed by atoms with Gasteiger partial charge < -0.3 is 20.3 Å². The van der Waals surface area contributed by atoms with Gasteiger partial charge in [0.1, 0.15) is 5.75 Å². The molecule has 6 nitrogen and oxygen atoms in total. The molecule has 0 spiro atoms. The average Bonchev–Trinajstić information content (AvgIpc) is 2.78. The number of ether oxygens (including phenoxy) is 1. The lowest BCUT2D eigenvalue weighted by Gasteiger charge is -2.25. The first-order chi connectivity index (χ1) is 13.1. The standard InChI is InChI=1S/C21H25N3O3/c1-3-22-20(25)14-27-17-10-8-16(9-11-17)13-24-12-15(2)21(26)23-18-6-4-5-7-19(18)24/h4-11,15H,3,12-14H2,1-2H3,(H,22,25)(H,23,26). The molecule has 142 valence electrons. The summed E-state index contributed by atoms with van der Waals surface area (Å²) in [6.45, 7) is 5.75. The first-order valence-corrected chi connectivity index (χ1v) is 9.20. The van der Waals surface area contributed by atoms with Crippen LogP contribution in [0.4, 0.5) is 11.4 Å². The Hall–Kier alpha value is -3.02. The van der Waals surface area contributed by atoms with Crippen LogP contribution >= 0.6 is 0 Å². The van der Waals surface area contributed by atoms with E-state index in [1.807, 2.05) is 62.4 Å². The summed E-state index contributed by atoms with van der Waals surface area (Å²) in [7, 11) is 0. The zero-order valence-corrected chi connectivity index (χ0v) is 15.7. The SMILES string of the molecule is CCNC(=O)COc1ccc(CN2CC(C)C(=O)Nc3ccccc32)cc1. The molecule has 2 aromatic carbocycles. The second-order valence-corrected chi connectivity index (χ2v) is 6.67. The summed E-state index contributed by atoms with van der Waals surface area (Å²) >= 11 is 0. The fourth-order valence-electron chi connectivity index (χ4n) is 3.08. The molecule has 0 aromatic heterocycles. The molecular formula is C21H25N3O3. The van der Waals surface area contributed by atoms with Crippen LogP contribution in [0.15, 0.2) is 48.5 Å². The quantitative estimate of drug-likeness (QED) is 0.824. The number of nitrogens with zero attached hydrogens (tertiary/aromatic N) is 1. The van der Waals surface area contributed by atoms with Crippen molar-refractivity contribution in [1.29, 1.82) is 0 Å². The van der Waals surface area contributed by atoms with Crippen LogP contribution in [-0.2, 0) is 16.1 Å². The Bertz CT molecular complexity index is 805. The first kappa shape index (κ1) is 18.8. The van der Waals surface area contributed by atoms with Crippen molar-refractivity contribution >= 4 is 23.2 Å². The van der Waals surface area contributed by atoms with Crippen LogP contribution in [0, 0.1) is 5.92 Å². The van der Waals surface area contributed by atoms with Crippen molar-refractivity contribution in [1.82, 2.24) is 5.32 Å². The zero-order chi connectivity index (χ0) is 19.2. The van der Waals surface area contributed by atoms with Gasteiger partial charge in [-0.3, -0.25) is 9.59 Å². The summed E-state index contributed by atoms with van der Waals surface area (Å²) in [4.78, 5) is 25.9. The van der Waals surface area contributed by atoms with Crippen molar-refractivity contribution in [2.75, 3.05) is 29.9 Å². The van der Waals surface area contributed by atoms with Crippen LogP contribution in [0.1, 0.15) is 19.4 Å². The minimum absolute atomic E-state index is 0.0119. The Morgan fingerprint density at radius 1 is 1.22 bits per heavy atom. The predicted octanol–water partition coefficient (Wildman–Crippen LogP) is 2.80. The number of likely N-dealkylation sites (N-methyl/N-ethyl adjacent to an activating group) is 1. The molecule has 0 radical (unpaired) electrons. The van der Waals surface area contributed by atoms with Crippen LogP contribution in [0.3, 0.4) is 0 Å². The van der Waals surface area contributed by atoms with E-state index in [9.17, 15) is 9.59 Å². The van der Waals surface area contributed by atoms with E-state index >= 15 is 0 Å². The Labute approximate surface area is 159 Å². The lowest BCUT2D eigenvalue weighted by Crippen LogP contribution is -2.30. The van der Waals surface area contributed by atoms with Gasteiger partial charge in [0.15, 0.2) is 6.61 Å². The smallest absolute Gasteiger partial charge is 0.257 e. The molecule has 1 heterocycles. The number of benzene rings is 2.